The number of rotatable bonds is 56. The van der Waals surface area contributed by atoms with Crippen LogP contribution >= 0.6 is 0 Å². The molecule has 0 bridgehead atoms. The number of ether oxygens (including phenoxy) is 3. The van der Waals surface area contributed by atoms with Crippen LogP contribution in [0.3, 0.4) is 0 Å². The first-order chi connectivity index (χ1) is 37.5. The molecule has 0 N–H and O–H groups in total. The van der Waals surface area contributed by atoms with Crippen LogP contribution in [-0.2, 0) is 28.6 Å². The van der Waals surface area contributed by atoms with E-state index in [1.807, 2.05) is 0 Å². The van der Waals surface area contributed by atoms with Gasteiger partial charge in [0.15, 0.2) is 6.10 Å². The number of unbranched alkanes of at least 4 members (excludes halogenated alkanes) is 25. The van der Waals surface area contributed by atoms with Gasteiger partial charge in [-0.1, -0.05) is 277 Å². The molecule has 432 valence electrons. The Labute approximate surface area is 469 Å². The second-order valence-corrected chi connectivity index (χ2v) is 20.6. The molecular weight excluding hydrogens is 937 g/mol. The van der Waals surface area contributed by atoms with Gasteiger partial charge in [0.2, 0.25) is 0 Å². The molecule has 0 radical (unpaired) electrons. The zero-order valence-corrected chi connectivity index (χ0v) is 49.5. The molecule has 0 fully saturated rings. The van der Waals surface area contributed by atoms with Crippen LogP contribution in [0.5, 0.6) is 0 Å². The lowest BCUT2D eigenvalue weighted by Gasteiger charge is -2.18. The molecule has 0 aromatic heterocycles. The molecule has 1 atom stereocenters. The van der Waals surface area contributed by atoms with E-state index in [0.717, 1.165) is 161 Å². The lowest BCUT2D eigenvalue weighted by molar-refractivity contribution is -0.167. The minimum absolute atomic E-state index is 0.0929. The van der Waals surface area contributed by atoms with Crippen LogP contribution in [0.15, 0.2) is 122 Å². The van der Waals surface area contributed by atoms with Crippen molar-refractivity contribution in [3.05, 3.63) is 122 Å². The highest BCUT2D eigenvalue weighted by Gasteiger charge is 2.19. The topological polar surface area (TPSA) is 78.9 Å². The second-order valence-electron chi connectivity index (χ2n) is 20.6. The third kappa shape index (κ3) is 60.7. The third-order valence-corrected chi connectivity index (χ3v) is 13.2. The molecule has 0 heterocycles. The van der Waals surface area contributed by atoms with Crippen molar-refractivity contribution in [2.45, 2.75) is 290 Å². The summed E-state index contributed by atoms with van der Waals surface area (Å²) in [5, 5.41) is 0. The van der Waals surface area contributed by atoms with Gasteiger partial charge in [-0.3, -0.25) is 14.4 Å². The van der Waals surface area contributed by atoms with Crippen molar-refractivity contribution in [1.29, 1.82) is 0 Å². The van der Waals surface area contributed by atoms with Crippen molar-refractivity contribution in [3.63, 3.8) is 0 Å². The van der Waals surface area contributed by atoms with Gasteiger partial charge in [-0.25, -0.2) is 0 Å². The maximum absolute atomic E-state index is 12.9. The molecule has 0 rings (SSSR count). The first-order valence-electron chi connectivity index (χ1n) is 31.5. The van der Waals surface area contributed by atoms with Crippen molar-refractivity contribution < 1.29 is 28.6 Å². The lowest BCUT2D eigenvalue weighted by atomic mass is 10.0. The molecule has 0 aromatic carbocycles. The monoisotopic (exact) mass is 1050 g/mol. The minimum atomic E-state index is -0.800. The second kappa shape index (κ2) is 63.3. The number of carbonyl (C=O) groups is 3. The Bertz CT molecular complexity index is 1590. The average Bonchev–Trinajstić information content (AvgIpc) is 3.42. The number of carbonyl (C=O) groups excluding carboxylic acids is 3. The van der Waals surface area contributed by atoms with E-state index in [2.05, 4.69) is 142 Å². The molecular formula is C70H116O6. The minimum Gasteiger partial charge on any atom is -0.462 e. The van der Waals surface area contributed by atoms with Gasteiger partial charge in [0.1, 0.15) is 13.2 Å². The lowest BCUT2D eigenvalue weighted by Crippen LogP contribution is -2.30. The smallest absolute Gasteiger partial charge is 0.306 e. The van der Waals surface area contributed by atoms with Crippen molar-refractivity contribution in [1.82, 2.24) is 0 Å². The van der Waals surface area contributed by atoms with E-state index < -0.39 is 6.10 Å². The molecule has 6 heteroatoms. The number of hydrogen-bond acceptors (Lipinski definition) is 6. The maximum atomic E-state index is 12.9. The highest BCUT2D eigenvalue weighted by molar-refractivity contribution is 5.71. The SMILES string of the molecule is CC/C=C\C/C=C\C/C=C\C/C=C\C/C=C\CCCCCCCC(=O)OCC(COC(=O)CCCCCCCCCCCCCCCCCC)OC(=O)CCCCCCC/C=C\C/C=C\C/C=C\C/C=C\C/C=C\CC. The van der Waals surface area contributed by atoms with Crippen LogP contribution in [0.25, 0.3) is 0 Å². The summed E-state index contributed by atoms with van der Waals surface area (Å²) in [5.74, 6) is -0.925. The van der Waals surface area contributed by atoms with Crippen LogP contribution in [-0.4, -0.2) is 37.2 Å². The number of hydrogen-bond donors (Lipinski definition) is 0. The van der Waals surface area contributed by atoms with Crippen molar-refractivity contribution in [2.24, 2.45) is 0 Å². The van der Waals surface area contributed by atoms with Gasteiger partial charge in [0, 0.05) is 19.3 Å². The summed E-state index contributed by atoms with van der Waals surface area (Å²) in [7, 11) is 0. The average molecular weight is 1050 g/mol. The van der Waals surface area contributed by atoms with E-state index >= 15 is 0 Å². The van der Waals surface area contributed by atoms with Gasteiger partial charge < -0.3 is 14.2 Å². The van der Waals surface area contributed by atoms with E-state index in [1.54, 1.807) is 0 Å². The number of allylic oxidation sites excluding steroid dienone is 20. The summed E-state index contributed by atoms with van der Waals surface area (Å²) < 4.78 is 16.9. The van der Waals surface area contributed by atoms with E-state index in [4.69, 9.17) is 14.2 Å². The van der Waals surface area contributed by atoms with Crippen molar-refractivity contribution >= 4 is 17.9 Å². The van der Waals surface area contributed by atoms with Gasteiger partial charge in [0.25, 0.3) is 0 Å². The molecule has 6 nitrogen and oxygen atoms in total. The molecule has 1 unspecified atom stereocenters. The van der Waals surface area contributed by atoms with E-state index in [9.17, 15) is 14.4 Å². The summed E-state index contributed by atoms with van der Waals surface area (Å²) in [6, 6.07) is 0. The van der Waals surface area contributed by atoms with Gasteiger partial charge in [-0.2, -0.15) is 0 Å². The fourth-order valence-corrected chi connectivity index (χ4v) is 8.56. The Morgan fingerprint density at radius 2 is 0.513 bits per heavy atom. The Morgan fingerprint density at radius 3 is 0.803 bits per heavy atom. The third-order valence-electron chi connectivity index (χ3n) is 13.2. The van der Waals surface area contributed by atoms with E-state index in [1.165, 1.54) is 83.5 Å². The maximum Gasteiger partial charge on any atom is 0.306 e. The van der Waals surface area contributed by atoms with Gasteiger partial charge in [-0.15, -0.1) is 0 Å². The predicted molar refractivity (Wildman–Crippen MR) is 330 cm³/mol. The van der Waals surface area contributed by atoms with E-state index in [0.29, 0.717) is 19.3 Å². The molecule has 0 amide bonds. The Hall–Kier alpha value is -4.19. The van der Waals surface area contributed by atoms with Gasteiger partial charge in [-0.05, 0) is 109 Å². The highest BCUT2D eigenvalue weighted by Crippen LogP contribution is 2.16. The molecule has 0 saturated carbocycles. The quantitative estimate of drug-likeness (QED) is 0.0261. The normalized spacial score (nSPS) is 12.9. The Kier molecular flexibility index (Phi) is 59.9. The Morgan fingerprint density at radius 1 is 0.276 bits per heavy atom. The van der Waals surface area contributed by atoms with Gasteiger partial charge in [0.05, 0.1) is 0 Å². The van der Waals surface area contributed by atoms with Crippen molar-refractivity contribution in [2.75, 3.05) is 13.2 Å². The van der Waals surface area contributed by atoms with Crippen LogP contribution < -0.4 is 0 Å². The number of esters is 3. The zero-order valence-electron chi connectivity index (χ0n) is 49.5. The molecule has 0 aliphatic heterocycles. The fraction of sp³-hybridized carbons (Fsp3) is 0.671. The van der Waals surface area contributed by atoms with Gasteiger partial charge >= 0.3 is 17.9 Å². The molecule has 0 aliphatic carbocycles. The zero-order chi connectivity index (χ0) is 55.0. The molecule has 76 heavy (non-hydrogen) atoms. The summed E-state index contributed by atoms with van der Waals surface area (Å²) >= 11 is 0. The first-order valence-corrected chi connectivity index (χ1v) is 31.5. The fourth-order valence-electron chi connectivity index (χ4n) is 8.56. The van der Waals surface area contributed by atoms with Crippen molar-refractivity contribution in [3.8, 4) is 0 Å². The summed E-state index contributed by atoms with van der Waals surface area (Å²) in [4.78, 5) is 38.3. The first kappa shape index (κ1) is 71.8. The highest BCUT2D eigenvalue weighted by atomic mass is 16.6. The summed E-state index contributed by atoms with van der Waals surface area (Å²) in [6.07, 6.45) is 87.6. The standard InChI is InChI=1S/C70H116O6/c1-4-7-10-13-16-19-22-25-28-31-33-35-37-39-42-45-48-51-54-57-60-63-69(72)75-66-67(65-74-68(71)62-59-56-53-50-47-44-41-30-27-24-21-18-15-12-9-6-3)76-70(73)64-61-58-55-52-49-46-43-40-38-36-34-32-29-26-23-20-17-14-11-8-5-2/h7-8,10-11,16-17,19-20,25-26,28-29,33-36,39-40,42-43,67H,4-6,9,12-15,18,21-24,27,30-32,37-38,41,44-66H2,1-3H3/b10-7-,11-8-,19-16-,20-17-,28-25-,29-26-,35-33-,36-34-,42-39-,43-40-. The molecule has 0 aliphatic rings. The molecule has 0 saturated heterocycles. The molecule has 0 spiro atoms. The summed E-state index contributed by atoms with van der Waals surface area (Å²) in [5.41, 5.74) is 0. The van der Waals surface area contributed by atoms with E-state index in [-0.39, 0.29) is 31.1 Å². The Balaban J connectivity index is 4.47. The van der Waals surface area contributed by atoms with Crippen LogP contribution in [0.1, 0.15) is 284 Å². The van der Waals surface area contributed by atoms with Crippen LogP contribution in [0, 0.1) is 0 Å². The molecule has 0 aromatic rings. The largest absolute Gasteiger partial charge is 0.462 e. The van der Waals surface area contributed by atoms with Crippen LogP contribution in [0.4, 0.5) is 0 Å². The van der Waals surface area contributed by atoms with Crippen LogP contribution in [0.2, 0.25) is 0 Å². The predicted octanol–water partition coefficient (Wildman–Crippen LogP) is 21.6. The summed E-state index contributed by atoms with van der Waals surface area (Å²) in [6.45, 7) is 6.40.